The molecule has 0 saturated carbocycles. The largest absolute Gasteiger partial charge is 0.444 e. The summed E-state index contributed by atoms with van der Waals surface area (Å²) >= 11 is 0. The van der Waals surface area contributed by atoms with E-state index in [0.29, 0.717) is 6.54 Å². The van der Waals surface area contributed by atoms with Crippen molar-refractivity contribution in [3.8, 4) is 0 Å². The fourth-order valence-electron chi connectivity index (χ4n) is 2.12. The second kappa shape index (κ2) is 8.42. The monoisotopic (exact) mass is 301 g/mol. The van der Waals surface area contributed by atoms with Crippen LogP contribution in [0.1, 0.15) is 32.8 Å². The highest BCUT2D eigenvalue weighted by atomic mass is 16.6. The van der Waals surface area contributed by atoms with Gasteiger partial charge in [-0.15, -0.1) is 13.2 Å². The molecule has 120 valence electrons. The average Bonchev–Trinajstić information content (AvgIpc) is 2.45. The molecule has 1 rings (SSSR count). The molecule has 0 aliphatic heterocycles. The number of hydrogen-bond acceptors (Lipinski definition) is 2. The lowest BCUT2D eigenvalue weighted by atomic mass is 10.0. The molecule has 1 aromatic carbocycles. The predicted molar refractivity (Wildman–Crippen MR) is 91.9 cm³/mol. The Balaban J connectivity index is 2.88. The molecule has 22 heavy (non-hydrogen) atoms. The minimum Gasteiger partial charge on any atom is -0.444 e. The number of nitrogens with zero attached hydrogens (tertiary/aromatic N) is 1. The van der Waals surface area contributed by atoms with Crippen LogP contribution in [0, 0.1) is 0 Å². The molecule has 0 aliphatic rings. The minimum atomic E-state index is -0.512. The summed E-state index contributed by atoms with van der Waals surface area (Å²) in [6.45, 7) is 13.8. The van der Waals surface area contributed by atoms with E-state index >= 15 is 0 Å². The van der Waals surface area contributed by atoms with Gasteiger partial charge in [0, 0.05) is 6.54 Å². The summed E-state index contributed by atoms with van der Waals surface area (Å²) in [5.41, 5.74) is 0.654. The summed E-state index contributed by atoms with van der Waals surface area (Å²) in [5, 5.41) is 0. The molecule has 0 fully saturated rings. The minimum absolute atomic E-state index is 0.0998. The first-order valence-electron chi connectivity index (χ1n) is 7.64. The van der Waals surface area contributed by atoms with Crippen LogP contribution in [-0.2, 0) is 11.2 Å². The first-order valence-corrected chi connectivity index (χ1v) is 7.64. The Labute approximate surface area is 134 Å². The molecule has 1 amide bonds. The van der Waals surface area contributed by atoms with Crippen LogP contribution in [0.5, 0.6) is 0 Å². The maximum absolute atomic E-state index is 12.5. The van der Waals surface area contributed by atoms with Gasteiger partial charge in [-0.2, -0.15) is 0 Å². The van der Waals surface area contributed by atoms with Crippen molar-refractivity contribution in [1.82, 2.24) is 4.90 Å². The molecular formula is C19H27NO2. The predicted octanol–water partition coefficient (Wildman–Crippen LogP) is 4.60. The highest BCUT2D eigenvalue weighted by Gasteiger charge is 2.26. The summed E-state index contributed by atoms with van der Waals surface area (Å²) < 4.78 is 5.52. The van der Waals surface area contributed by atoms with Crippen molar-refractivity contribution < 1.29 is 9.53 Å². The van der Waals surface area contributed by atoms with Gasteiger partial charge in [0.25, 0.3) is 0 Å². The Morgan fingerprint density at radius 2 is 1.91 bits per heavy atom. The molecule has 0 heterocycles. The Bertz CT molecular complexity index is 488. The molecule has 0 aromatic heterocycles. The average molecular weight is 301 g/mol. The molecule has 0 aliphatic carbocycles. The van der Waals surface area contributed by atoms with Crippen molar-refractivity contribution in [2.45, 2.75) is 45.3 Å². The lowest BCUT2D eigenvalue weighted by molar-refractivity contribution is 0.0203. The fourth-order valence-corrected chi connectivity index (χ4v) is 2.12. The van der Waals surface area contributed by atoms with Gasteiger partial charge in [-0.05, 0) is 39.2 Å². The van der Waals surface area contributed by atoms with Crippen LogP contribution in [0.2, 0.25) is 0 Å². The van der Waals surface area contributed by atoms with Gasteiger partial charge in [0.05, 0.1) is 6.04 Å². The molecule has 1 atom stereocenters. The zero-order valence-electron chi connectivity index (χ0n) is 13.9. The van der Waals surface area contributed by atoms with Crippen LogP contribution in [0.15, 0.2) is 55.6 Å². The van der Waals surface area contributed by atoms with Crippen LogP contribution >= 0.6 is 0 Å². The van der Waals surface area contributed by atoms with E-state index < -0.39 is 5.60 Å². The van der Waals surface area contributed by atoms with Crippen molar-refractivity contribution in [3.05, 3.63) is 61.2 Å². The van der Waals surface area contributed by atoms with Crippen molar-refractivity contribution in [2.75, 3.05) is 6.54 Å². The fraction of sp³-hybridized carbons (Fsp3) is 0.421. The van der Waals surface area contributed by atoms with E-state index in [0.717, 1.165) is 12.8 Å². The number of carbonyl (C=O) groups is 1. The standard InChI is InChI=1S/C19H27NO2/c1-6-8-14-20(18(21)22-19(3,4)5)17(7-2)15-16-12-10-9-11-13-16/h6-7,9-13,17H,1-2,8,14-15H2,3-5H3/t17-/m0/s1. The van der Waals surface area contributed by atoms with Crippen LogP contribution in [0.25, 0.3) is 0 Å². The summed E-state index contributed by atoms with van der Waals surface area (Å²) in [6.07, 6.45) is 4.74. The van der Waals surface area contributed by atoms with Gasteiger partial charge in [0.1, 0.15) is 5.60 Å². The lowest BCUT2D eigenvalue weighted by Crippen LogP contribution is -2.44. The third-order valence-corrected chi connectivity index (χ3v) is 3.16. The molecular weight excluding hydrogens is 274 g/mol. The van der Waals surface area contributed by atoms with Crippen molar-refractivity contribution in [1.29, 1.82) is 0 Å². The first kappa shape index (κ1) is 18.0. The van der Waals surface area contributed by atoms with E-state index in [1.165, 1.54) is 5.56 Å². The zero-order valence-corrected chi connectivity index (χ0v) is 13.9. The quantitative estimate of drug-likeness (QED) is 0.689. The van der Waals surface area contributed by atoms with E-state index in [4.69, 9.17) is 4.74 Å². The van der Waals surface area contributed by atoms with Gasteiger partial charge >= 0.3 is 6.09 Å². The van der Waals surface area contributed by atoms with Gasteiger partial charge < -0.3 is 9.64 Å². The molecule has 0 bridgehead atoms. The number of carbonyl (C=O) groups excluding carboxylic acids is 1. The van der Waals surface area contributed by atoms with Crippen LogP contribution in [-0.4, -0.2) is 29.2 Å². The highest BCUT2D eigenvalue weighted by Crippen LogP contribution is 2.16. The molecule has 0 spiro atoms. The summed E-state index contributed by atoms with van der Waals surface area (Å²) in [5.74, 6) is 0. The van der Waals surface area contributed by atoms with Crippen molar-refractivity contribution >= 4 is 6.09 Å². The number of amides is 1. The van der Waals surface area contributed by atoms with E-state index in [1.54, 1.807) is 17.1 Å². The molecule has 3 nitrogen and oxygen atoms in total. The lowest BCUT2D eigenvalue weighted by Gasteiger charge is -2.32. The van der Waals surface area contributed by atoms with Crippen LogP contribution < -0.4 is 0 Å². The molecule has 0 N–H and O–H groups in total. The Kier molecular flexibility index (Phi) is 6.90. The Morgan fingerprint density at radius 1 is 1.27 bits per heavy atom. The van der Waals surface area contributed by atoms with Crippen LogP contribution in [0.3, 0.4) is 0 Å². The Hall–Kier alpha value is -2.03. The SMILES string of the molecule is C=CCCN(C(=O)OC(C)(C)C)[C@@H](C=C)Cc1ccccc1. The number of ether oxygens (including phenoxy) is 1. The molecule has 1 aromatic rings. The molecule has 0 unspecified atom stereocenters. The van der Waals surface area contributed by atoms with Crippen molar-refractivity contribution in [3.63, 3.8) is 0 Å². The van der Waals surface area contributed by atoms with Crippen LogP contribution in [0.4, 0.5) is 4.79 Å². The Morgan fingerprint density at radius 3 is 2.41 bits per heavy atom. The topological polar surface area (TPSA) is 29.5 Å². The highest BCUT2D eigenvalue weighted by molar-refractivity contribution is 5.69. The zero-order chi connectivity index (χ0) is 16.6. The summed E-state index contributed by atoms with van der Waals surface area (Å²) in [4.78, 5) is 14.2. The smallest absolute Gasteiger partial charge is 0.410 e. The normalized spacial score (nSPS) is 12.3. The van der Waals surface area contributed by atoms with Gasteiger partial charge in [-0.25, -0.2) is 4.79 Å². The number of benzene rings is 1. The van der Waals surface area contributed by atoms with E-state index in [2.05, 4.69) is 25.3 Å². The maximum atomic E-state index is 12.5. The van der Waals surface area contributed by atoms with E-state index in [-0.39, 0.29) is 12.1 Å². The van der Waals surface area contributed by atoms with E-state index in [9.17, 15) is 4.79 Å². The second-order valence-corrected chi connectivity index (χ2v) is 6.24. The third kappa shape index (κ3) is 6.17. The second-order valence-electron chi connectivity index (χ2n) is 6.24. The number of rotatable bonds is 7. The summed E-state index contributed by atoms with van der Waals surface area (Å²) in [6, 6.07) is 9.98. The van der Waals surface area contributed by atoms with Gasteiger partial charge in [-0.3, -0.25) is 0 Å². The van der Waals surface area contributed by atoms with E-state index in [1.807, 2.05) is 39.0 Å². The first-order chi connectivity index (χ1) is 10.4. The number of hydrogen-bond donors (Lipinski definition) is 0. The van der Waals surface area contributed by atoms with Gasteiger partial charge in [0.2, 0.25) is 0 Å². The third-order valence-electron chi connectivity index (χ3n) is 3.16. The van der Waals surface area contributed by atoms with Crippen molar-refractivity contribution in [2.24, 2.45) is 0 Å². The molecule has 0 saturated heterocycles. The summed E-state index contributed by atoms with van der Waals surface area (Å²) in [7, 11) is 0. The van der Waals surface area contributed by atoms with Gasteiger partial charge in [0.15, 0.2) is 0 Å². The molecule has 0 radical (unpaired) electrons. The van der Waals surface area contributed by atoms with Gasteiger partial charge in [-0.1, -0.05) is 42.5 Å². The molecule has 3 heteroatoms. The maximum Gasteiger partial charge on any atom is 0.410 e.